The molecule has 0 saturated carbocycles. The average Bonchev–Trinajstić information content (AvgIpc) is 3.11. The second kappa shape index (κ2) is 9.85. The number of likely N-dealkylation sites (tertiary alicyclic amines) is 1. The van der Waals surface area contributed by atoms with Gasteiger partial charge in [-0.2, -0.15) is 0 Å². The molecule has 0 N–H and O–H groups in total. The molecule has 0 radical (unpaired) electrons. The summed E-state index contributed by atoms with van der Waals surface area (Å²) in [6.07, 6.45) is 8.65. The van der Waals surface area contributed by atoms with Gasteiger partial charge >= 0.3 is 0 Å². The minimum Gasteiger partial charge on any atom is -0.300 e. The fraction of sp³-hybridized carbons (Fsp3) is 0.409. The van der Waals surface area contributed by atoms with Gasteiger partial charge in [0.05, 0.1) is 13.1 Å². The van der Waals surface area contributed by atoms with Crippen LogP contribution >= 0.6 is 11.8 Å². The molecule has 6 heteroatoms. The van der Waals surface area contributed by atoms with Gasteiger partial charge in [0, 0.05) is 18.1 Å². The summed E-state index contributed by atoms with van der Waals surface area (Å²) in [5, 5.41) is 10.1. The van der Waals surface area contributed by atoms with Crippen molar-refractivity contribution >= 4 is 11.8 Å². The number of piperidine rings is 1. The van der Waals surface area contributed by atoms with Gasteiger partial charge in [0.25, 0.3) is 0 Å². The van der Waals surface area contributed by atoms with Gasteiger partial charge in [-0.3, -0.25) is 9.88 Å². The molecule has 1 saturated heterocycles. The molecule has 0 atom stereocenters. The van der Waals surface area contributed by atoms with Crippen LogP contribution in [0.4, 0.5) is 0 Å². The van der Waals surface area contributed by atoms with Crippen molar-refractivity contribution in [3.63, 3.8) is 0 Å². The smallest absolute Gasteiger partial charge is 0.191 e. The van der Waals surface area contributed by atoms with E-state index in [-0.39, 0.29) is 0 Å². The summed E-state index contributed by atoms with van der Waals surface area (Å²) in [4.78, 5) is 6.61. The predicted octanol–water partition coefficient (Wildman–Crippen LogP) is 4.04. The first-order valence-electron chi connectivity index (χ1n) is 10.1. The van der Waals surface area contributed by atoms with Crippen LogP contribution in [0.3, 0.4) is 0 Å². The topological polar surface area (TPSA) is 46.8 Å². The number of hydrogen-bond acceptors (Lipinski definition) is 5. The normalized spacial score (nSPS) is 15.0. The Bertz CT molecular complexity index is 844. The molecule has 3 heterocycles. The molecule has 3 aromatic rings. The zero-order valence-corrected chi connectivity index (χ0v) is 17.0. The summed E-state index contributed by atoms with van der Waals surface area (Å²) in [7, 11) is 0. The molecule has 1 fully saturated rings. The minimum absolute atomic E-state index is 0.828. The van der Waals surface area contributed by atoms with E-state index in [1.54, 1.807) is 11.8 Å². The predicted molar refractivity (Wildman–Crippen MR) is 113 cm³/mol. The Hall–Kier alpha value is -2.18. The lowest BCUT2D eigenvalue weighted by atomic mass is 10.1. The zero-order valence-electron chi connectivity index (χ0n) is 16.2. The van der Waals surface area contributed by atoms with Gasteiger partial charge in [-0.1, -0.05) is 48.5 Å². The van der Waals surface area contributed by atoms with Gasteiger partial charge < -0.3 is 4.57 Å². The molecular weight excluding hydrogens is 366 g/mol. The third kappa shape index (κ3) is 5.20. The number of thioether (sulfide) groups is 1. The van der Waals surface area contributed by atoms with Crippen molar-refractivity contribution in [3.05, 3.63) is 71.8 Å². The molecule has 0 aliphatic carbocycles. The van der Waals surface area contributed by atoms with E-state index in [0.717, 1.165) is 36.2 Å². The summed E-state index contributed by atoms with van der Waals surface area (Å²) in [5.41, 5.74) is 2.60. The number of nitrogens with zero attached hydrogens (tertiary/aromatic N) is 5. The van der Waals surface area contributed by atoms with Crippen LogP contribution in [-0.4, -0.2) is 43.5 Å². The van der Waals surface area contributed by atoms with Crippen LogP contribution in [-0.2, 0) is 19.5 Å². The number of hydrogen-bond donors (Lipinski definition) is 0. The molecule has 2 aromatic heterocycles. The lowest BCUT2D eigenvalue weighted by Gasteiger charge is -2.26. The second-order valence-electron chi connectivity index (χ2n) is 7.26. The molecule has 1 aliphatic heterocycles. The van der Waals surface area contributed by atoms with E-state index in [9.17, 15) is 0 Å². The highest BCUT2D eigenvalue weighted by Crippen LogP contribution is 2.22. The number of aromatic nitrogens is 4. The van der Waals surface area contributed by atoms with Crippen LogP contribution in [0.15, 0.2) is 60.0 Å². The molecular formula is C22H27N5S. The van der Waals surface area contributed by atoms with Crippen LogP contribution < -0.4 is 0 Å². The fourth-order valence-electron chi connectivity index (χ4n) is 3.59. The molecule has 0 spiro atoms. The van der Waals surface area contributed by atoms with Crippen molar-refractivity contribution in [1.29, 1.82) is 0 Å². The van der Waals surface area contributed by atoms with Gasteiger partial charge in [-0.15, -0.1) is 10.2 Å². The van der Waals surface area contributed by atoms with Gasteiger partial charge in [-0.25, -0.2) is 0 Å². The zero-order chi connectivity index (χ0) is 19.0. The SMILES string of the molecule is c1ccc(Cn2c(CN3CCCCC3)nnc2SCCc2ccncc2)cc1. The Morgan fingerprint density at radius 3 is 2.39 bits per heavy atom. The van der Waals surface area contributed by atoms with Crippen molar-refractivity contribution in [2.24, 2.45) is 0 Å². The van der Waals surface area contributed by atoms with Crippen LogP contribution in [0, 0.1) is 0 Å². The molecule has 0 bridgehead atoms. The van der Waals surface area contributed by atoms with E-state index in [0.29, 0.717) is 0 Å². The molecule has 5 nitrogen and oxygen atoms in total. The summed E-state index contributed by atoms with van der Waals surface area (Å²) in [6, 6.07) is 14.8. The van der Waals surface area contributed by atoms with Crippen LogP contribution in [0.2, 0.25) is 0 Å². The fourth-order valence-corrected chi connectivity index (χ4v) is 4.54. The first-order chi connectivity index (χ1) is 13.9. The van der Waals surface area contributed by atoms with E-state index in [1.807, 2.05) is 12.4 Å². The summed E-state index contributed by atoms with van der Waals surface area (Å²) in [5.74, 6) is 2.07. The van der Waals surface area contributed by atoms with Crippen LogP contribution in [0.25, 0.3) is 0 Å². The molecule has 0 amide bonds. The third-order valence-electron chi connectivity index (χ3n) is 5.16. The van der Waals surface area contributed by atoms with Crippen molar-refractivity contribution in [3.8, 4) is 0 Å². The van der Waals surface area contributed by atoms with E-state index in [2.05, 4.69) is 67.1 Å². The number of pyridine rings is 1. The second-order valence-corrected chi connectivity index (χ2v) is 8.32. The number of aryl methyl sites for hydroxylation is 1. The van der Waals surface area contributed by atoms with Crippen molar-refractivity contribution in [2.45, 2.75) is 43.9 Å². The van der Waals surface area contributed by atoms with Gasteiger partial charge in [0.1, 0.15) is 5.82 Å². The molecule has 4 rings (SSSR count). The largest absolute Gasteiger partial charge is 0.300 e. The minimum atomic E-state index is 0.828. The number of benzene rings is 1. The third-order valence-corrected chi connectivity index (χ3v) is 6.13. The Balaban J connectivity index is 1.47. The van der Waals surface area contributed by atoms with Crippen molar-refractivity contribution in [2.75, 3.05) is 18.8 Å². The Labute approximate surface area is 171 Å². The summed E-state index contributed by atoms with van der Waals surface area (Å²) in [6.45, 7) is 4.06. The summed E-state index contributed by atoms with van der Waals surface area (Å²) >= 11 is 1.79. The molecule has 0 unspecified atom stereocenters. The molecule has 1 aromatic carbocycles. The van der Waals surface area contributed by atoms with Gasteiger partial charge in [0.15, 0.2) is 5.16 Å². The van der Waals surface area contributed by atoms with Gasteiger partial charge in [-0.05, 0) is 55.6 Å². The van der Waals surface area contributed by atoms with Crippen molar-refractivity contribution < 1.29 is 0 Å². The average molecular weight is 394 g/mol. The maximum Gasteiger partial charge on any atom is 0.191 e. The van der Waals surface area contributed by atoms with Crippen LogP contribution in [0.5, 0.6) is 0 Å². The first-order valence-corrected chi connectivity index (χ1v) is 11.1. The number of rotatable bonds is 8. The monoisotopic (exact) mass is 393 g/mol. The molecule has 1 aliphatic rings. The lowest BCUT2D eigenvalue weighted by Crippen LogP contribution is -2.30. The quantitative estimate of drug-likeness (QED) is 0.541. The van der Waals surface area contributed by atoms with E-state index in [4.69, 9.17) is 0 Å². The summed E-state index contributed by atoms with van der Waals surface area (Å²) < 4.78 is 2.31. The van der Waals surface area contributed by atoms with Gasteiger partial charge in [0.2, 0.25) is 0 Å². The molecule has 28 heavy (non-hydrogen) atoms. The standard InChI is InChI=1S/C22H27N5S/c1-3-7-20(8-4-1)17-27-21(18-26-14-5-2-6-15-26)24-25-22(27)28-16-11-19-9-12-23-13-10-19/h1,3-4,7-10,12-13H,2,5-6,11,14-18H2. The Kier molecular flexibility index (Phi) is 6.73. The van der Waals surface area contributed by atoms with Crippen molar-refractivity contribution in [1.82, 2.24) is 24.6 Å². The maximum atomic E-state index is 4.57. The Morgan fingerprint density at radius 2 is 1.61 bits per heavy atom. The Morgan fingerprint density at radius 1 is 0.821 bits per heavy atom. The highest BCUT2D eigenvalue weighted by atomic mass is 32.2. The van der Waals surface area contributed by atoms with E-state index >= 15 is 0 Å². The maximum absolute atomic E-state index is 4.57. The lowest BCUT2D eigenvalue weighted by molar-refractivity contribution is 0.213. The van der Waals surface area contributed by atoms with E-state index < -0.39 is 0 Å². The highest BCUT2D eigenvalue weighted by Gasteiger charge is 2.17. The molecule has 146 valence electrons. The van der Waals surface area contributed by atoms with E-state index in [1.165, 1.54) is 43.5 Å². The first kappa shape index (κ1) is 19.2. The van der Waals surface area contributed by atoms with Crippen LogP contribution in [0.1, 0.15) is 36.2 Å². The highest BCUT2D eigenvalue weighted by molar-refractivity contribution is 7.99.